The number of anilines is 2. The number of benzene rings is 1. The standard InChI is InChI=1S/C12H15F3N2O2S/c1-8-3-4-9-5-6-10(7-11(9)17(8)2)16-20(18,19)12(13,14)15/h5-8,16H,3-4H2,1-2H3. The van der Waals surface area contributed by atoms with Crippen LogP contribution in [-0.4, -0.2) is 27.0 Å². The Bertz CT molecular complexity index is 614. The summed E-state index contributed by atoms with van der Waals surface area (Å²) in [6.45, 7) is 2.01. The minimum Gasteiger partial charge on any atom is -0.372 e. The van der Waals surface area contributed by atoms with Crippen LogP contribution >= 0.6 is 0 Å². The Morgan fingerprint density at radius 2 is 2.00 bits per heavy atom. The van der Waals surface area contributed by atoms with Crippen LogP contribution in [0.2, 0.25) is 0 Å². The van der Waals surface area contributed by atoms with Gasteiger partial charge in [-0.2, -0.15) is 21.6 Å². The van der Waals surface area contributed by atoms with Crippen LogP contribution < -0.4 is 9.62 Å². The number of fused-ring (bicyclic) bond motifs is 1. The zero-order chi connectivity index (χ0) is 15.1. The van der Waals surface area contributed by atoms with Gasteiger partial charge in [-0.3, -0.25) is 4.72 Å². The molecule has 0 fully saturated rings. The van der Waals surface area contributed by atoms with E-state index in [9.17, 15) is 21.6 Å². The number of aryl methyl sites for hydroxylation is 1. The van der Waals surface area contributed by atoms with Crippen molar-refractivity contribution in [3.8, 4) is 0 Å². The summed E-state index contributed by atoms with van der Waals surface area (Å²) >= 11 is 0. The second kappa shape index (κ2) is 4.83. The van der Waals surface area contributed by atoms with E-state index in [4.69, 9.17) is 0 Å². The van der Waals surface area contributed by atoms with Crippen molar-refractivity contribution in [2.75, 3.05) is 16.7 Å². The molecule has 0 aromatic heterocycles. The van der Waals surface area contributed by atoms with Crippen LogP contribution in [0, 0.1) is 0 Å². The lowest BCUT2D eigenvalue weighted by Gasteiger charge is -2.34. The van der Waals surface area contributed by atoms with E-state index in [2.05, 4.69) is 0 Å². The van der Waals surface area contributed by atoms with Gasteiger partial charge in [0.15, 0.2) is 0 Å². The summed E-state index contributed by atoms with van der Waals surface area (Å²) < 4.78 is 60.7. The fourth-order valence-electron chi connectivity index (χ4n) is 2.18. The largest absolute Gasteiger partial charge is 0.516 e. The van der Waals surface area contributed by atoms with E-state index < -0.39 is 15.5 Å². The summed E-state index contributed by atoms with van der Waals surface area (Å²) in [4.78, 5) is 1.93. The van der Waals surface area contributed by atoms with Gasteiger partial charge in [-0.15, -0.1) is 0 Å². The first-order valence-corrected chi connectivity index (χ1v) is 7.55. The Kier molecular flexibility index (Phi) is 3.62. The van der Waals surface area contributed by atoms with Gasteiger partial charge in [-0.05, 0) is 37.5 Å². The first-order chi connectivity index (χ1) is 9.12. The number of halogens is 3. The molecular weight excluding hydrogens is 293 g/mol. The van der Waals surface area contributed by atoms with E-state index in [-0.39, 0.29) is 11.7 Å². The van der Waals surface area contributed by atoms with Crippen molar-refractivity contribution >= 4 is 21.4 Å². The average Bonchev–Trinajstić information content (AvgIpc) is 2.32. The molecule has 1 aromatic carbocycles. The maximum Gasteiger partial charge on any atom is 0.516 e. The number of alkyl halides is 3. The highest BCUT2D eigenvalue weighted by Gasteiger charge is 2.46. The number of nitrogens with one attached hydrogen (secondary N) is 1. The Morgan fingerprint density at radius 3 is 2.60 bits per heavy atom. The molecule has 1 N–H and O–H groups in total. The third kappa shape index (κ3) is 2.70. The first-order valence-electron chi connectivity index (χ1n) is 6.06. The van der Waals surface area contributed by atoms with Crippen molar-refractivity contribution in [3.05, 3.63) is 23.8 Å². The SMILES string of the molecule is CC1CCc2ccc(NS(=O)(=O)C(F)(F)F)cc2N1C. The maximum absolute atomic E-state index is 12.3. The zero-order valence-electron chi connectivity index (χ0n) is 11.0. The summed E-state index contributed by atoms with van der Waals surface area (Å²) in [5.74, 6) is 0. The zero-order valence-corrected chi connectivity index (χ0v) is 11.8. The third-order valence-electron chi connectivity index (χ3n) is 3.51. The lowest BCUT2D eigenvalue weighted by atomic mass is 9.97. The molecule has 20 heavy (non-hydrogen) atoms. The fourth-order valence-corrected chi connectivity index (χ4v) is 2.73. The maximum atomic E-state index is 12.3. The van der Waals surface area contributed by atoms with E-state index in [1.807, 2.05) is 18.9 Å². The van der Waals surface area contributed by atoms with E-state index >= 15 is 0 Å². The summed E-state index contributed by atoms with van der Waals surface area (Å²) in [5.41, 5.74) is -3.64. The molecule has 1 atom stereocenters. The van der Waals surface area contributed by atoms with E-state index in [1.54, 1.807) is 10.8 Å². The van der Waals surface area contributed by atoms with Gasteiger partial charge in [0.1, 0.15) is 0 Å². The van der Waals surface area contributed by atoms with E-state index in [0.29, 0.717) is 0 Å². The van der Waals surface area contributed by atoms with Crippen LogP contribution in [0.5, 0.6) is 0 Å². The van der Waals surface area contributed by atoms with Gasteiger partial charge in [-0.1, -0.05) is 6.07 Å². The van der Waals surface area contributed by atoms with Crippen molar-refractivity contribution in [3.63, 3.8) is 0 Å². The van der Waals surface area contributed by atoms with Gasteiger partial charge in [0.05, 0.1) is 5.69 Å². The second-order valence-corrected chi connectivity index (χ2v) is 6.57. The van der Waals surface area contributed by atoms with Crippen molar-refractivity contribution in [1.82, 2.24) is 0 Å². The minimum atomic E-state index is -5.38. The second-order valence-electron chi connectivity index (χ2n) is 4.89. The molecule has 1 aliphatic heterocycles. The van der Waals surface area contributed by atoms with E-state index in [1.165, 1.54) is 12.1 Å². The molecule has 1 unspecified atom stereocenters. The molecule has 1 aliphatic rings. The highest BCUT2D eigenvalue weighted by Crippen LogP contribution is 2.33. The van der Waals surface area contributed by atoms with Gasteiger partial charge in [0.25, 0.3) is 0 Å². The van der Waals surface area contributed by atoms with Gasteiger partial charge >= 0.3 is 15.5 Å². The Labute approximate surface area is 115 Å². The van der Waals surface area contributed by atoms with Crippen LogP contribution in [0.1, 0.15) is 18.9 Å². The molecule has 0 aliphatic carbocycles. The van der Waals surface area contributed by atoms with Gasteiger partial charge in [0.2, 0.25) is 0 Å². The predicted molar refractivity (Wildman–Crippen MR) is 71.2 cm³/mol. The number of rotatable bonds is 2. The Hall–Kier alpha value is -1.44. The number of sulfonamides is 1. The molecule has 1 heterocycles. The van der Waals surface area contributed by atoms with Crippen LogP contribution in [0.3, 0.4) is 0 Å². The molecule has 0 radical (unpaired) electrons. The van der Waals surface area contributed by atoms with Gasteiger partial charge in [0, 0.05) is 18.8 Å². The van der Waals surface area contributed by atoms with Crippen molar-refractivity contribution in [2.45, 2.75) is 31.3 Å². The lowest BCUT2D eigenvalue weighted by Crippen LogP contribution is -2.34. The minimum absolute atomic E-state index is 0.0815. The van der Waals surface area contributed by atoms with Crippen molar-refractivity contribution < 1.29 is 21.6 Å². The molecule has 112 valence electrons. The molecule has 0 bridgehead atoms. The summed E-state index contributed by atoms with van der Waals surface area (Å²) in [6, 6.07) is 4.71. The number of hydrogen-bond donors (Lipinski definition) is 1. The van der Waals surface area contributed by atoms with Gasteiger partial charge < -0.3 is 4.90 Å². The summed E-state index contributed by atoms with van der Waals surface area (Å²) in [5, 5.41) is 0. The molecular formula is C12H15F3N2O2S. The molecule has 8 heteroatoms. The predicted octanol–water partition coefficient (Wildman–Crippen LogP) is 2.72. The van der Waals surface area contributed by atoms with Gasteiger partial charge in [-0.25, -0.2) is 0 Å². The van der Waals surface area contributed by atoms with Crippen LogP contribution in [0.4, 0.5) is 24.5 Å². The molecule has 0 saturated carbocycles. The van der Waals surface area contributed by atoms with Crippen molar-refractivity contribution in [1.29, 1.82) is 0 Å². The topological polar surface area (TPSA) is 49.4 Å². The van der Waals surface area contributed by atoms with Crippen LogP contribution in [0.15, 0.2) is 18.2 Å². The molecule has 4 nitrogen and oxygen atoms in total. The monoisotopic (exact) mass is 308 g/mol. The first kappa shape index (κ1) is 15.0. The lowest BCUT2D eigenvalue weighted by molar-refractivity contribution is -0.0429. The molecule has 0 amide bonds. The smallest absolute Gasteiger partial charge is 0.372 e. The number of nitrogens with zero attached hydrogens (tertiary/aromatic N) is 1. The normalized spacial score (nSPS) is 19.6. The average molecular weight is 308 g/mol. The Morgan fingerprint density at radius 1 is 1.35 bits per heavy atom. The number of hydrogen-bond acceptors (Lipinski definition) is 3. The summed E-state index contributed by atoms with van der Waals surface area (Å²) in [7, 11) is -3.54. The molecule has 1 aromatic rings. The van der Waals surface area contributed by atoms with Crippen LogP contribution in [0.25, 0.3) is 0 Å². The summed E-state index contributed by atoms with van der Waals surface area (Å²) in [6.07, 6.45) is 1.78. The third-order valence-corrected chi connectivity index (χ3v) is 4.63. The molecule has 0 saturated heterocycles. The van der Waals surface area contributed by atoms with E-state index in [0.717, 1.165) is 24.1 Å². The van der Waals surface area contributed by atoms with Crippen molar-refractivity contribution in [2.24, 2.45) is 0 Å². The fraction of sp³-hybridized carbons (Fsp3) is 0.500. The highest BCUT2D eigenvalue weighted by atomic mass is 32.2. The van der Waals surface area contributed by atoms with Crippen LogP contribution in [-0.2, 0) is 16.4 Å². The molecule has 2 rings (SSSR count). The highest BCUT2D eigenvalue weighted by molar-refractivity contribution is 7.93. The molecule has 0 spiro atoms. The quantitative estimate of drug-likeness (QED) is 0.914. The Balaban J connectivity index is 2.33.